The molecule has 1 atom stereocenters. The van der Waals surface area contributed by atoms with Gasteiger partial charge >= 0.3 is 5.97 Å². The molecule has 0 aromatic carbocycles. The van der Waals surface area contributed by atoms with Crippen LogP contribution in [0.5, 0.6) is 0 Å². The van der Waals surface area contributed by atoms with E-state index in [0.717, 1.165) is 6.54 Å². The van der Waals surface area contributed by atoms with Crippen LogP contribution in [0.1, 0.15) is 16.9 Å². The number of esters is 1. The Morgan fingerprint density at radius 3 is 3.00 bits per heavy atom. The maximum atomic E-state index is 10.9. The van der Waals surface area contributed by atoms with E-state index in [0.29, 0.717) is 6.54 Å². The van der Waals surface area contributed by atoms with Gasteiger partial charge in [0.2, 0.25) is 0 Å². The predicted molar refractivity (Wildman–Crippen MR) is 63.4 cm³/mol. The minimum absolute atomic E-state index is 0.0346. The average Bonchev–Trinajstić information content (AvgIpc) is 2.64. The van der Waals surface area contributed by atoms with E-state index >= 15 is 0 Å². The molecule has 1 rings (SSSR count). The minimum Gasteiger partial charge on any atom is -0.469 e. The molecule has 16 heavy (non-hydrogen) atoms. The average molecular weight is 243 g/mol. The van der Waals surface area contributed by atoms with E-state index in [-0.39, 0.29) is 12.4 Å². The third kappa shape index (κ3) is 4.30. The first kappa shape index (κ1) is 13.2. The standard InChI is InChI=1S/C11H17NO3S/c1-8-3-4-16-10(8)7-12-6-9(13)5-11(14)15-2/h3-4,9,12-13H,5-7H2,1-2H3. The van der Waals surface area contributed by atoms with Crippen LogP contribution in [0.15, 0.2) is 11.4 Å². The summed E-state index contributed by atoms with van der Waals surface area (Å²) >= 11 is 1.68. The molecule has 0 saturated heterocycles. The SMILES string of the molecule is COC(=O)CC(O)CNCc1sccc1C. The number of thiophene rings is 1. The van der Waals surface area contributed by atoms with E-state index in [1.807, 2.05) is 5.38 Å². The zero-order chi connectivity index (χ0) is 12.0. The zero-order valence-corrected chi connectivity index (χ0v) is 10.3. The fourth-order valence-electron chi connectivity index (χ4n) is 1.29. The van der Waals surface area contributed by atoms with Crippen molar-refractivity contribution in [3.05, 3.63) is 21.9 Å². The van der Waals surface area contributed by atoms with Crippen LogP contribution in [0.4, 0.5) is 0 Å². The molecule has 1 heterocycles. The topological polar surface area (TPSA) is 58.6 Å². The summed E-state index contributed by atoms with van der Waals surface area (Å²) in [4.78, 5) is 12.1. The molecule has 0 amide bonds. The van der Waals surface area contributed by atoms with Crippen LogP contribution in [-0.2, 0) is 16.1 Å². The van der Waals surface area contributed by atoms with E-state index in [9.17, 15) is 9.90 Å². The zero-order valence-electron chi connectivity index (χ0n) is 9.53. The van der Waals surface area contributed by atoms with Crippen molar-refractivity contribution < 1.29 is 14.6 Å². The Morgan fingerprint density at radius 2 is 2.44 bits per heavy atom. The number of aliphatic hydroxyl groups excluding tert-OH is 1. The molecule has 1 aromatic heterocycles. The number of ether oxygens (including phenoxy) is 1. The number of carbonyl (C=O) groups is 1. The van der Waals surface area contributed by atoms with Crippen LogP contribution >= 0.6 is 11.3 Å². The molecule has 1 aromatic rings. The molecular formula is C11H17NO3S. The van der Waals surface area contributed by atoms with Crippen LogP contribution in [0, 0.1) is 6.92 Å². The molecule has 0 fully saturated rings. The van der Waals surface area contributed by atoms with Crippen molar-refractivity contribution in [2.75, 3.05) is 13.7 Å². The predicted octanol–water partition coefficient (Wildman–Crippen LogP) is 1.07. The second kappa shape index (κ2) is 6.62. The summed E-state index contributed by atoms with van der Waals surface area (Å²) in [6.07, 6.45) is -0.653. The number of hydrogen-bond acceptors (Lipinski definition) is 5. The van der Waals surface area contributed by atoms with Gasteiger partial charge in [-0.3, -0.25) is 4.79 Å². The molecule has 0 spiro atoms. The highest BCUT2D eigenvalue weighted by Crippen LogP contribution is 2.14. The van der Waals surface area contributed by atoms with Gasteiger partial charge in [0.1, 0.15) is 0 Å². The van der Waals surface area contributed by atoms with Gasteiger partial charge < -0.3 is 15.2 Å². The van der Waals surface area contributed by atoms with Gasteiger partial charge in [0, 0.05) is 18.0 Å². The molecule has 0 aliphatic rings. The molecule has 0 radical (unpaired) electrons. The summed E-state index contributed by atoms with van der Waals surface area (Å²) in [5, 5.41) is 14.6. The first-order chi connectivity index (χ1) is 7.63. The van der Waals surface area contributed by atoms with Gasteiger partial charge in [0.15, 0.2) is 0 Å². The Bertz CT molecular complexity index is 338. The molecule has 5 heteroatoms. The molecule has 0 bridgehead atoms. The summed E-state index contributed by atoms with van der Waals surface area (Å²) in [5.41, 5.74) is 1.25. The quantitative estimate of drug-likeness (QED) is 0.734. The second-order valence-electron chi connectivity index (χ2n) is 3.59. The van der Waals surface area contributed by atoms with Crippen molar-refractivity contribution in [1.82, 2.24) is 5.32 Å². The fourth-order valence-corrected chi connectivity index (χ4v) is 2.16. The highest BCUT2D eigenvalue weighted by molar-refractivity contribution is 7.10. The van der Waals surface area contributed by atoms with Crippen LogP contribution in [0.2, 0.25) is 0 Å². The first-order valence-electron chi connectivity index (χ1n) is 5.12. The Balaban J connectivity index is 2.20. The molecule has 90 valence electrons. The van der Waals surface area contributed by atoms with E-state index in [4.69, 9.17) is 0 Å². The Labute approximate surface area is 99.2 Å². The van der Waals surface area contributed by atoms with Gasteiger partial charge in [-0.1, -0.05) is 0 Å². The van der Waals surface area contributed by atoms with Crippen LogP contribution < -0.4 is 5.32 Å². The largest absolute Gasteiger partial charge is 0.469 e. The van der Waals surface area contributed by atoms with Crippen molar-refractivity contribution in [3.8, 4) is 0 Å². The molecule has 0 aliphatic heterocycles. The lowest BCUT2D eigenvalue weighted by atomic mass is 10.2. The third-order valence-corrected chi connectivity index (χ3v) is 3.29. The highest BCUT2D eigenvalue weighted by atomic mass is 32.1. The first-order valence-corrected chi connectivity index (χ1v) is 6.00. The van der Waals surface area contributed by atoms with Gasteiger partial charge in [-0.25, -0.2) is 0 Å². The summed E-state index contributed by atoms with van der Waals surface area (Å²) in [6, 6.07) is 2.06. The second-order valence-corrected chi connectivity index (χ2v) is 4.59. The van der Waals surface area contributed by atoms with Gasteiger partial charge in [0.25, 0.3) is 0 Å². The summed E-state index contributed by atoms with van der Waals surface area (Å²) in [7, 11) is 1.32. The molecular weight excluding hydrogens is 226 g/mol. The van der Waals surface area contributed by atoms with Gasteiger partial charge in [0.05, 0.1) is 19.6 Å². The maximum Gasteiger partial charge on any atom is 0.308 e. The maximum absolute atomic E-state index is 10.9. The van der Waals surface area contributed by atoms with Crippen molar-refractivity contribution in [3.63, 3.8) is 0 Å². The lowest BCUT2D eigenvalue weighted by Gasteiger charge is -2.10. The molecule has 1 unspecified atom stereocenters. The number of aryl methyl sites for hydroxylation is 1. The number of carbonyl (C=O) groups excluding carboxylic acids is 1. The van der Waals surface area contributed by atoms with Crippen LogP contribution in [-0.4, -0.2) is 30.8 Å². The lowest BCUT2D eigenvalue weighted by molar-refractivity contribution is -0.142. The highest BCUT2D eigenvalue weighted by Gasteiger charge is 2.10. The number of hydrogen-bond donors (Lipinski definition) is 2. The van der Waals surface area contributed by atoms with Crippen molar-refractivity contribution in [2.45, 2.75) is 26.0 Å². The van der Waals surface area contributed by atoms with Crippen molar-refractivity contribution in [2.24, 2.45) is 0 Å². The van der Waals surface area contributed by atoms with Gasteiger partial charge in [-0.2, -0.15) is 0 Å². The van der Waals surface area contributed by atoms with E-state index in [1.54, 1.807) is 11.3 Å². The van der Waals surface area contributed by atoms with Gasteiger partial charge in [-0.15, -0.1) is 11.3 Å². The van der Waals surface area contributed by atoms with E-state index in [2.05, 4.69) is 23.0 Å². The smallest absolute Gasteiger partial charge is 0.308 e. The monoisotopic (exact) mass is 243 g/mol. The minimum atomic E-state index is -0.687. The van der Waals surface area contributed by atoms with Crippen LogP contribution in [0.25, 0.3) is 0 Å². The Kier molecular flexibility index (Phi) is 5.45. The number of nitrogens with one attached hydrogen (secondary N) is 1. The number of aliphatic hydroxyl groups is 1. The van der Waals surface area contributed by atoms with E-state index in [1.165, 1.54) is 17.6 Å². The number of methoxy groups -OCH3 is 1. The number of rotatable bonds is 6. The van der Waals surface area contributed by atoms with E-state index < -0.39 is 6.10 Å². The molecule has 2 N–H and O–H groups in total. The van der Waals surface area contributed by atoms with Gasteiger partial charge in [-0.05, 0) is 23.9 Å². The molecule has 4 nitrogen and oxygen atoms in total. The van der Waals surface area contributed by atoms with Crippen molar-refractivity contribution in [1.29, 1.82) is 0 Å². The molecule has 0 aliphatic carbocycles. The van der Waals surface area contributed by atoms with Crippen LogP contribution in [0.3, 0.4) is 0 Å². The normalized spacial score (nSPS) is 12.4. The third-order valence-electron chi connectivity index (χ3n) is 2.26. The molecule has 0 saturated carbocycles. The Morgan fingerprint density at radius 1 is 1.69 bits per heavy atom. The lowest BCUT2D eigenvalue weighted by Crippen LogP contribution is -2.28. The summed E-state index contributed by atoms with van der Waals surface area (Å²) in [5.74, 6) is -0.387. The fraction of sp³-hybridized carbons (Fsp3) is 0.545. The van der Waals surface area contributed by atoms with Crippen molar-refractivity contribution >= 4 is 17.3 Å². The Hall–Kier alpha value is -0.910. The summed E-state index contributed by atoms with van der Waals surface area (Å²) in [6.45, 7) is 3.17. The summed E-state index contributed by atoms with van der Waals surface area (Å²) < 4.78 is 4.47.